The van der Waals surface area contributed by atoms with Gasteiger partial charge in [-0.2, -0.15) is 0 Å². The smallest absolute Gasteiger partial charge is 0.275 e. The van der Waals surface area contributed by atoms with Crippen molar-refractivity contribution in [2.75, 3.05) is 46.1 Å². The molecule has 2 amide bonds. The number of hydrogen-bond donors (Lipinski definition) is 6. The average molecular weight is 358 g/mol. The lowest BCUT2D eigenvalue weighted by Crippen LogP contribution is -2.57. The molecular formula is C14H22N4O7. The summed E-state index contributed by atoms with van der Waals surface area (Å²) in [6.07, 6.45) is 2.37. The summed E-state index contributed by atoms with van der Waals surface area (Å²) in [5, 5.41) is 48.1. The average Bonchev–Trinajstić information content (AvgIpc) is 2.65. The predicted octanol–water partition coefficient (Wildman–Crippen LogP) is -3.65. The summed E-state index contributed by atoms with van der Waals surface area (Å²) in [6, 6.07) is 0. The third-order valence-electron chi connectivity index (χ3n) is 3.43. The molecule has 1 rings (SSSR count). The maximum absolute atomic E-state index is 12.5. The molecule has 0 saturated heterocycles. The van der Waals surface area contributed by atoms with Gasteiger partial charge in [-0.1, -0.05) is 0 Å². The first-order valence-electron chi connectivity index (χ1n) is 7.45. The van der Waals surface area contributed by atoms with Crippen LogP contribution in [0.1, 0.15) is 21.0 Å². The van der Waals surface area contributed by atoms with Crippen molar-refractivity contribution in [1.82, 2.24) is 20.2 Å². The van der Waals surface area contributed by atoms with E-state index in [1.54, 1.807) is 0 Å². The van der Waals surface area contributed by atoms with Crippen LogP contribution in [0, 0.1) is 0 Å². The molecule has 25 heavy (non-hydrogen) atoms. The molecule has 0 bridgehead atoms. The molecule has 0 spiro atoms. The lowest BCUT2D eigenvalue weighted by Gasteiger charge is -2.28. The van der Waals surface area contributed by atoms with Gasteiger partial charge in [-0.05, 0) is 0 Å². The van der Waals surface area contributed by atoms with Crippen molar-refractivity contribution in [3.63, 3.8) is 0 Å². The van der Waals surface area contributed by atoms with Crippen LogP contribution in [0.4, 0.5) is 0 Å². The van der Waals surface area contributed by atoms with Gasteiger partial charge in [0.2, 0.25) is 0 Å². The Kier molecular flexibility index (Phi) is 8.31. The Morgan fingerprint density at radius 3 is 1.84 bits per heavy atom. The topological polar surface area (TPSA) is 176 Å². The number of nitrogens with one attached hydrogen (secondary N) is 1. The highest BCUT2D eigenvalue weighted by molar-refractivity contribution is 6.04. The number of nitrogens with zero attached hydrogens (tertiary/aromatic N) is 3. The van der Waals surface area contributed by atoms with Crippen LogP contribution in [-0.4, -0.2) is 104 Å². The number of aliphatic hydroxyl groups is 5. The molecule has 11 nitrogen and oxygen atoms in total. The molecule has 6 N–H and O–H groups in total. The van der Waals surface area contributed by atoms with E-state index in [9.17, 15) is 24.9 Å². The fourth-order valence-corrected chi connectivity index (χ4v) is 1.94. The van der Waals surface area contributed by atoms with Gasteiger partial charge < -0.3 is 35.7 Å². The zero-order valence-corrected chi connectivity index (χ0v) is 13.5. The lowest BCUT2D eigenvalue weighted by atomic mass is 10.0. The number of amides is 2. The fourth-order valence-electron chi connectivity index (χ4n) is 1.94. The van der Waals surface area contributed by atoms with Gasteiger partial charge in [0.05, 0.1) is 33.0 Å². The number of rotatable bonds is 10. The number of carbonyl (C=O) groups excluding carboxylic acids is 2. The second kappa shape index (κ2) is 9.96. The van der Waals surface area contributed by atoms with E-state index >= 15 is 0 Å². The van der Waals surface area contributed by atoms with Gasteiger partial charge in [-0.15, -0.1) is 0 Å². The SMILES string of the molecule is O=C(NC(CO)(CO)CO)c1nccnc1C(=O)N(CCO)CCO. The van der Waals surface area contributed by atoms with Crippen LogP contribution in [0.3, 0.4) is 0 Å². The summed E-state index contributed by atoms with van der Waals surface area (Å²) in [6.45, 7) is -3.08. The Labute approximate surface area is 143 Å². The van der Waals surface area contributed by atoms with Crippen LogP contribution in [0.2, 0.25) is 0 Å². The molecular weight excluding hydrogens is 336 g/mol. The molecule has 0 aliphatic rings. The molecule has 11 heteroatoms. The van der Waals surface area contributed by atoms with Crippen LogP contribution in [0.25, 0.3) is 0 Å². The highest BCUT2D eigenvalue weighted by Crippen LogP contribution is 2.09. The van der Waals surface area contributed by atoms with Gasteiger partial charge >= 0.3 is 0 Å². The van der Waals surface area contributed by atoms with Crippen LogP contribution >= 0.6 is 0 Å². The van der Waals surface area contributed by atoms with Crippen LogP contribution in [-0.2, 0) is 0 Å². The molecule has 0 aliphatic carbocycles. The number of carbonyl (C=O) groups is 2. The lowest BCUT2D eigenvalue weighted by molar-refractivity contribution is 0.0371. The zero-order chi connectivity index (χ0) is 18.9. The van der Waals surface area contributed by atoms with E-state index in [0.29, 0.717) is 0 Å². The Balaban J connectivity index is 3.14. The highest BCUT2D eigenvalue weighted by atomic mass is 16.3. The van der Waals surface area contributed by atoms with Crippen molar-refractivity contribution in [2.24, 2.45) is 0 Å². The van der Waals surface area contributed by atoms with E-state index in [-0.39, 0.29) is 37.7 Å². The van der Waals surface area contributed by atoms with Crippen molar-refractivity contribution in [2.45, 2.75) is 5.54 Å². The number of aromatic nitrogens is 2. The molecule has 0 aliphatic heterocycles. The van der Waals surface area contributed by atoms with Crippen LogP contribution < -0.4 is 5.32 Å². The molecule has 0 saturated carbocycles. The van der Waals surface area contributed by atoms with Crippen LogP contribution in [0.5, 0.6) is 0 Å². The maximum atomic E-state index is 12.5. The van der Waals surface area contributed by atoms with E-state index in [1.165, 1.54) is 12.4 Å². The summed E-state index contributed by atoms with van der Waals surface area (Å²) in [5.74, 6) is -1.66. The summed E-state index contributed by atoms with van der Waals surface area (Å²) in [7, 11) is 0. The third kappa shape index (κ3) is 5.14. The minimum atomic E-state index is -1.69. The number of aliphatic hydroxyl groups excluding tert-OH is 5. The fraction of sp³-hybridized carbons (Fsp3) is 0.571. The van der Waals surface area contributed by atoms with Gasteiger partial charge in [0.15, 0.2) is 11.4 Å². The van der Waals surface area contributed by atoms with E-state index in [4.69, 9.17) is 10.2 Å². The van der Waals surface area contributed by atoms with Crippen molar-refractivity contribution in [1.29, 1.82) is 0 Å². The van der Waals surface area contributed by atoms with E-state index in [1.807, 2.05) is 0 Å². The van der Waals surface area contributed by atoms with Crippen molar-refractivity contribution in [3.8, 4) is 0 Å². The predicted molar refractivity (Wildman–Crippen MR) is 83.6 cm³/mol. The second-order valence-corrected chi connectivity index (χ2v) is 5.20. The molecule has 140 valence electrons. The van der Waals surface area contributed by atoms with Gasteiger partial charge in [0.25, 0.3) is 11.8 Å². The Bertz CT molecular complexity index is 566. The van der Waals surface area contributed by atoms with Crippen LogP contribution in [0.15, 0.2) is 12.4 Å². The molecule has 0 fully saturated rings. The second-order valence-electron chi connectivity index (χ2n) is 5.20. The summed E-state index contributed by atoms with van der Waals surface area (Å²) in [5.41, 5.74) is -2.40. The molecule has 1 aromatic rings. The summed E-state index contributed by atoms with van der Waals surface area (Å²) in [4.78, 5) is 33.6. The van der Waals surface area contributed by atoms with E-state index in [2.05, 4.69) is 15.3 Å². The van der Waals surface area contributed by atoms with Crippen molar-refractivity contribution in [3.05, 3.63) is 23.8 Å². The summed E-state index contributed by atoms with van der Waals surface area (Å²) < 4.78 is 0. The number of hydrogen-bond acceptors (Lipinski definition) is 9. The Hall–Kier alpha value is -2.18. The zero-order valence-electron chi connectivity index (χ0n) is 13.5. The maximum Gasteiger partial charge on any atom is 0.275 e. The largest absolute Gasteiger partial charge is 0.395 e. The first kappa shape index (κ1) is 20.9. The normalized spacial score (nSPS) is 11.2. The first-order valence-corrected chi connectivity index (χ1v) is 7.45. The molecule has 1 heterocycles. The van der Waals surface area contributed by atoms with E-state index in [0.717, 1.165) is 4.90 Å². The van der Waals surface area contributed by atoms with Crippen molar-refractivity contribution >= 4 is 11.8 Å². The molecule has 0 radical (unpaired) electrons. The monoisotopic (exact) mass is 358 g/mol. The van der Waals surface area contributed by atoms with Gasteiger partial charge in [-0.25, -0.2) is 9.97 Å². The molecule has 0 atom stereocenters. The third-order valence-corrected chi connectivity index (χ3v) is 3.43. The van der Waals surface area contributed by atoms with E-state index < -0.39 is 37.2 Å². The minimum Gasteiger partial charge on any atom is -0.395 e. The standard InChI is InChI=1S/C14H22N4O7/c19-5-3-18(4-6-20)13(25)11-10(15-1-2-16-11)12(24)17-14(7-21,8-22)9-23/h1-2,19-23H,3-9H2,(H,17,24). The quantitative estimate of drug-likeness (QED) is 0.246. The van der Waals surface area contributed by atoms with Gasteiger partial charge in [-0.3, -0.25) is 9.59 Å². The van der Waals surface area contributed by atoms with Gasteiger partial charge in [0.1, 0.15) is 5.54 Å². The molecule has 0 aromatic carbocycles. The molecule has 0 unspecified atom stereocenters. The van der Waals surface area contributed by atoms with Crippen molar-refractivity contribution < 1.29 is 35.1 Å². The summed E-state index contributed by atoms with van der Waals surface area (Å²) >= 11 is 0. The first-order chi connectivity index (χ1) is 12.0. The molecule has 1 aromatic heterocycles. The minimum absolute atomic E-state index is 0.0785. The van der Waals surface area contributed by atoms with Gasteiger partial charge in [0, 0.05) is 25.5 Å². The Morgan fingerprint density at radius 2 is 1.40 bits per heavy atom. The highest BCUT2D eigenvalue weighted by Gasteiger charge is 2.33. The Morgan fingerprint density at radius 1 is 0.920 bits per heavy atom.